The van der Waals surface area contributed by atoms with Crippen molar-refractivity contribution in [3.8, 4) is 0 Å². The molecule has 0 bridgehead atoms. The number of rotatable bonds is 11. The summed E-state index contributed by atoms with van der Waals surface area (Å²) in [7, 11) is -1.34. The van der Waals surface area contributed by atoms with Crippen molar-refractivity contribution in [2.45, 2.75) is 26.2 Å². The highest BCUT2D eigenvalue weighted by Crippen LogP contribution is 1.99. The Morgan fingerprint density at radius 1 is 1.18 bits per heavy atom. The van der Waals surface area contributed by atoms with Crippen molar-refractivity contribution < 1.29 is 8.42 Å². The second kappa shape index (κ2) is 14.8. The number of unbranched alkanes of at least 4 members (excludes halogenated alkanes) is 1. The first kappa shape index (κ1) is 24.5. The van der Waals surface area contributed by atoms with Crippen LogP contribution in [0.1, 0.15) is 26.2 Å². The van der Waals surface area contributed by atoms with Crippen LogP contribution in [0, 0.1) is 0 Å². The van der Waals surface area contributed by atoms with Gasteiger partial charge in [0, 0.05) is 33.2 Å². The standard InChI is InChI=1S/C13H30N4O2S2.HI/c1-5-17(21(4,18)19)11-8-10-16-13(14-2)15-9-6-7-12-20-3;/h5-12H2,1-4H3,(H2,14,15,16);1H. The fraction of sp³-hybridized carbons (Fsp3) is 0.923. The number of nitrogens with zero attached hydrogens (tertiary/aromatic N) is 2. The Bertz CT molecular complexity index is 392. The van der Waals surface area contributed by atoms with Crippen LogP contribution in [0.5, 0.6) is 0 Å². The summed E-state index contributed by atoms with van der Waals surface area (Å²) in [5.74, 6) is 1.97. The molecule has 0 unspecified atom stereocenters. The fourth-order valence-corrected chi connectivity index (χ4v) is 3.24. The molecule has 2 N–H and O–H groups in total. The minimum absolute atomic E-state index is 0. The van der Waals surface area contributed by atoms with Gasteiger partial charge in [0.1, 0.15) is 0 Å². The topological polar surface area (TPSA) is 73.8 Å². The van der Waals surface area contributed by atoms with E-state index in [0.29, 0.717) is 19.6 Å². The van der Waals surface area contributed by atoms with Crippen LogP contribution in [-0.2, 0) is 10.0 Å². The van der Waals surface area contributed by atoms with E-state index in [4.69, 9.17) is 0 Å². The number of thioether (sulfide) groups is 1. The number of sulfonamides is 1. The van der Waals surface area contributed by atoms with E-state index >= 15 is 0 Å². The molecule has 0 aromatic heterocycles. The van der Waals surface area contributed by atoms with Crippen molar-refractivity contribution >= 4 is 51.7 Å². The summed E-state index contributed by atoms with van der Waals surface area (Å²) in [6.07, 6.45) is 6.45. The summed E-state index contributed by atoms with van der Waals surface area (Å²) in [4.78, 5) is 4.15. The van der Waals surface area contributed by atoms with Crippen molar-refractivity contribution in [1.82, 2.24) is 14.9 Å². The van der Waals surface area contributed by atoms with E-state index in [0.717, 1.165) is 25.3 Å². The molecule has 0 aromatic carbocycles. The van der Waals surface area contributed by atoms with E-state index in [1.807, 2.05) is 18.7 Å². The normalized spacial score (nSPS) is 12.1. The molecule has 134 valence electrons. The zero-order chi connectivity index (χ0) is 16.1. The third-order valence-corrected chi connectivity index (χ3v) is 5.07. The first-order chi connectivity index (χ1) is 9.95. The van der Waals surface area contributed by atoms with E-state index in [2.05, 4.69) is 21.9 Å². The van der Waals surface area contributed by atoms with Gasteiger partial charge in [-0.05, 0) is 31.3 Å². The molecule has 0 amide bonds. The number of hydrogen-bond donors (Lipinski definition) is 2. The van der Waals surface area contributed by atoms with E-state index in [1.54, 1.807) is 7.05 Å². The third-order valence-electron chi connectivity index (χ3n) is 2.99. The van der Waals surface area contributed by atoms with Crippen LogP contribution in [0.4, 0.5) is 0 Å². The van der Waals surface area contributed by atoms with Gasteiger partial charge < -0.3 is 10.6 Å². The van der Waals surface area contributed by atoms with Crippen molar-refractivity contribution in [3.63, 3.8) is 0 Å². The molecule has 0 radical (unpaired) electrons. The highest BCUT2D eigenvalue weighted by atomic mass is 127. The lowest BCUT2D eigenvalue weighted by atomic mass is 10.3. The Morgan fingerprint density at radius 3 is 2.23 bits per heavy atom. The Morgan fingerprint density at radius 2 is 1.77 bits per heavy atom. The summed E-state index contributed by atoms with van der Waals surface area (Å²) in [6.45, 7) is 4.51. The van der Waals surface area contributed by atoms with Gasteiger partial charge in [0.05, 0.1) is 6.26 Å². The predicted octanol–water partition coefficient (Wildman–Crippen LogP) is 1.58. The molecule has 9 heteroatoms. The molecule has 0 aliphatic rings. The van der Waals surface area contributed by atoms with Gasteiger partial charge >= 0.3 is 0 Å². The lowest BCUT2D eigenvalue weighted by Crippen LogP contribution is -2.39. The molecule has 0 aromatic rings. The lowest BCUT2D eigenvalue weighted by molar-refractivity contribution is 0.424. The van der Waals surface area contributed by atoms with Crippen LogP contribution in [0.3, 0.4) is 0 Å². The summed E-state index contributed by atoms with van der Waals surface area (Å²) in [5, 5.41) is 6.46. The first-order valence-corrected chi connectivity index (χ1v) is 10.6. The van der Waals surface area contributed by atoms with Crippen LogP contribution in [0.25, 0.3) is 0 Å². The van der Waals surface area contributed by atoms with Gasteiger partial charge in [0.2, 0.25) is 10.0 Å². The minimum Gasteiger partial charge on any atom is -0.356 e. The number of hydrogen-bond acceptors (Lipinski definition) is 4. The molecule has 0 saturated carbocycles. The summed E-state index contributed by atoms with van der Waals surface area (Å²) < 4.78 is 24.4. The first-order valence-electron chi connectivity index (χ1n) is 7.34. The van der Waals surface area contributed by atoms with Gasteiger partial charge in [-0.3, -0.25) is 4.99 Å². The van der Waals surface area contributed by atoms with Crippen molar-refractivity contribution in [3.05, 3.63) is 0 Å². The number of nitrogens with one attached hydrogen (secondary N) is 2. The maximum absolute atomic E-state index is 11.4. The number of halogens is 1. The van der Waals surface area contributed by atoms with E-state index in [9.17, 15) is 8.42 Å². The van der Waals surface area contributed by atoms with Crippen molar-refractivity contribution in [2.24, 2.45) is 4.99 Å². The third kappa shape index (κ3) is 12.8. The van der Waals surface area contributed by atoms with Gasteiger partial charge in [0.25, 0.3) is 0 Å². The van der Waals surface area contributed by atoms with Crippen molar-refractivity contribution in [2.75, 3.05) is 51.5 Å². The Kier molecular flexibility index (Phi) is 16.5. The average molecular weight is 466 g/mol. The Balaban J connectivity index is 0. The SMILES string of the molecule is CCN(CCCNC(=NC)NCCCCSC)S(C)(=O)=O.I. The molecule has 0 rings (SSSR count). The molecule has 22 heavy (non-hydrogen) atoms. The fourth-order valence-electron chi connectivity index (χ4n) is 1.82. The van der Waals surface area contributed by atoms with Crippen LogP contribution in [0.2, 0.25) is 0 Å². The van der Waals surface area contributed by atoms with Crippen LogP contribution < -0.4 is 10.6 Å². The quantitative estimate of drug-likeness (QED) is 0.209. The highest BCUT2D eigenvalue weighted by Gasteiger charge is 2.13. The average Bonchev–Trinajstić information content (AvgIpc) is 2.43. The van der Waals surface area contributed by atoms with E-state index in [-0.39, 0.29) is 24.0 Å². The second-order valence-electron chi connectivity index (χ2n) is 4.73. The van der Waals surface area contributed by atoms with Crippen LogP contribution >= 0.6 is 35.7 Å². The van der Waals surface area contributed by atoms with Gasteiger partial charge in [-0.25, -0.2) is 12.7 Å². The molecule has 0 atom stereocenters. The molecule has 0 fully saturated rings. The van der Waals surface area contributed by atoms with Gasteiger partial charge in [0.15, 0.2) is 5.96 Å². The zero-order valence-electron chi connectivity index (χ0n) is 14.1. The van der Waals surface area contributed by atoms with Crippen LogP contribution in [0.15, 0.2) is 4.99 Å². The van der Waals surface area contributed by atoms with Crippen molar-refractivity contribution in [1.29, 1.82) is 0 Å². The van der Waals surface area contributed by atoms with Gasteiger partial charge in [-0.15, -0.1) is 24.0 Å². The Labute approximate surface area is 157 Å². The molecule has 6 nitrogen and oxygen atoms in total. The van der Waals surface area contributed by atoms with Gasteiger partial charge in [-0.1, -0.05) is 6.92 Å². The summed E-state index contributed by atoms with van der Waals surface area (Å²) in [5.41, 5.74) is 0. The van der Waals surface area contributed by atoms with E-state index < -0.39 is 10.0 Å². The predicted molar refractivity (Wildman–Crippen MR) is 109 cm³/mol. The van der Waals surface area contributed by atoms with E-state index in [1.165, 1.54) is 22.7 Å². The summed E-state index contributed by atoms with van der Waals surface area (Å²) >= 11 is 1.86. The molecular weight excluding hydrogens is 435 g/mol. The van der Waals surface area contributed by atoms with Gasteiger partial charge in [-0.2, -0.15) is 11.8 Å². The molecular formula is C13H31IN4O2S2. The Hall–Kier alpha value is 0.260. The minimum atomic E-state index is -3.09. The molecule has 0 spiro atoms. The van der Waals surface area contributed by atoms with Crippen LogP contribution in [-0.4, -0.2) is 70.2 Å². The molecule has 0 aliphatic heterocycles. The maximum atomic E-state index is 11.4. The highest BCUT2D eigenvalue weighted by molar-refractivity contribution is 14.0. The summed E-state index contributed by atoms with van der Waals surface area (Å²) in [6, 6.07) is 0. The smallest absolute Gasteiger partial charge is 0.211 e. The monoisotopic (exact) mass is 466 g/mol. The lowest BCUT2D eigenvalue weighted by Gasteiger charge is -2.18. The molecule has 0 saturated heterocycles. The maximum Gasteiger partial charge on any atom is 0.211 e. The number of guanidine groups is 1. The number of aliphatic imine (C=N–C) groups is 1. The second-order valence-corrected chi connectivity index (χ2v) is 7.70. The zero-order valence-corrected chi connectivity index (χ0v) is 18.1. The molecule has 0 aliphatic carbocycles. The largest absolute Gasteiger partial charge is 0.356 e. The molecule has 0 heterocycles.